The van der Waals surface area contributed by atoms with Gasteiger partial charge in [-0.3, -0.25) is 0 Å². The number of nitrogens with zero attached hydrogens (tertiary/aromatic N) is 1. The van der Waals surface area contributed by atoms with Crippen molar-refractivity contribution in [3.8, 4) is 11.8 Å². The first-order valence-electron chi connectivity index (χ1n) is 6.35. The van der Waals surface area contributed by atoms with Crippen LogP contribution in [0.5, 0.6) is 5.75 Å². The first-order chi connectivity index (χ1) is 10.1. The maximum absolute atomic E-state index is 13.4. The van der Waals surface area contributed by atoms with Gasteiger partial charge in [-0.2, -0.15) is 5.26 Å². The molecule has 0 unspecified atom stereocenters. The zero-order chi connectivity index (χ0) is 15.2. The molecule has 0 radical (unpaired) electrons. The molecule has 1 N–H and O–H groups in total. The van der Waals surface area contributed by atoms with Crippen LogP contribution in [0, 0.1) is 23.0 Å². The summed E-state index contributed by atoms with van der Waals surface area (Å²) in [5, 5.41) is 12.0. The summed E-state index contributed by atoms with van der Waals surface area (Å²) in [6, 6.07) is 10.6. The van der Waals surface area contributed by atoms with E-state index in [2.05, 4.69) is 5.32 Å². The van der Waals surface area contributed by atoms with Gasteiger partial charge >= 0.3 is 0 Å². The van der Waals surface area contributed by atoms with Crippen LogP contribution in [0.15, 0.2) is 36.4 Å². The molecule has 2 aromatic carbocycles. The van der Waals surface area contributed by atoms with Gasteiger partial charge in [-0.1, -0.05) is 6.07 Å². The highest BCUT2D eigenvalue weighted by atomic mass is 19.1. The molecule has 21 heavy (non-hydrogen) atoms. The summed E-state index contributed by atoms with van der Waals surface area (Å²) in [7, 11) is 1.50. The molecule has 2 aromatic rings. The Balaban J connectivity index is 2.01. The number of benzene rings is 2. The molecule has 0 spiro atoms. The third kappa shape index (κ3) is 3.77. The summed E-state index contributed by atoms with van der Waals surface area (Å²) in [6.45, 7) is 0.645. The number of nitriles is 1. The van der Waals surface area contributed by atoms with Crippen LogP contribution in [-0.4, -0.2) is 7.11 Å². The minimum absolute atomic E-state index is 0.206. The average Bonchev–Trinajstić information content (AvgIpc) is 2.50. The second-order valence-electron chi connectivity index (χ2n) is 4.49. The monoisotopic (exact) mass is 288 g/mol. The van der Waals surface area contributed by atoms with Crippen molar-refractivity contribution in [1.82, 2.24) is 5.32 Å². The van der Waals surface area contributed by atoms with E-state index < -0.39 is 11.6 Å². The van der Waals surface area contributed by atoms with Crippen LogP contribution >= 0.6 is 0 Å². The van der Waals surface area contributed by atoms with Gasteiger partial charge in [0.05, 0.1) is 12.7 Å². The normalized spacial score (nSPS) is 10.2. The molecule has 0 heterocycles. The largest absolute Gasteiger partial charge is 0.495 e. The molecule has 0 saturated heterocycles. The van der Waals surface area contributed by atoms with Gasteiger partial charge in [0, 0.05) is 18.7 Å². The van der Waals surface area contributed by atoms with Crippen molar-refractivity contribution in [2.75, 3.05) is 7.11 Å². The summed E-state index contributed by atoms with van der Waals surface area (Å²) < 4.78 is 31.5. The number of halogens is 2. The second kappa shape index (κ2) is 6.82. The maximum atomic E-state index is 13.4. The van der Waals surface area contributed by atoms with Gasteiger partial charge in [0.1, 0.15) is 23.5 Å². The van der Waals surface area contributed by atoms with Crippen LogP contribution in [0.1, 0.15) is 16.7 Å². The highest BCUT2D eigenvalue weighted by molar-refractivity contribution is 5.45. The Labute approximate surface area is 121 Å². The lowest BCUT2D eigenvalue weighted by Crippen LogP contribution is -2.14. The molecule has 5 heteroatoms. The van der Waals surface area contributed by atoms with E-state index in [1.54, 1.807) is 12.1 Å². The highest BCUT2D eigenvalue weighted by Gasteiger charge is 2.05. The number of hydrogen-bond acceptors (Lipinski definition) is 3. The third-order valence-electron chi connectivity index (χ3n) is 3.04. The van der Waals surface area contributed by atoms with Gasteiger partial charge < -0.3 is 10.1 Å². The Morgan fingerprint density at radius 2 is 1.95 bits per heavy atom. The van der Waals surface area contributed by atoms with Crippen LogP contribution in [0.2, 0.25) is 0 Å². The summed E-state index contributed by atoms with van der Waals surface area (Å²) >= 11 is 0. The smallest absolute Gasteiger partial charge is 0.136 e. The molecular formula is C16H14F2N2O. The predicted octanol–water partition coefficient (Wildman–Crippen LogP) is 3.13. The fourth-order valence-electron chi connectivity index (χ4n) is 1.97. The Bertz CT molecular complexity index is 680. The second-order valence-corrected chi connectivity index (χ2v) is 4.49. The maximum Gasteiger partial charge on any atom is 0.136 e. The highest BCUT2D eigenvalue weighted by Crippen LogP contribution is 2.18. The van der Waals surface area contributed by atoms with Gasteiger partial charge in [0.15, 0.2) is 0 Å². The van der Waals surface area contributed by atoms with Crippen molar-refractivity contribution >= 4 is 0 Å². The number of rotatable bonds is 5. The van der Waals surface area contributed by atoms with Crippen molar-refractivity contribution < 1.29 is 13.5 Å². The van der Waals surface area contributed by atoms with Gasteiger partial charge in [0.2, 0.25) is 0 Å². The minimum Gasteiger partial charge on any atom is -0.495 e. The molecular weight excluding hydrogens is 274 g/mol. The van der Waals surface area contributed by atoms with E-state index in [0.29, 0.717) is 17.9 Å². The molecule has 3 nitrogen and oxygen atoms in total. The molecule has 0 aromatic heterocycles. The Morgan fingerprint density at radius 1 is 1.14 bits per heavy atom. The summed E-state index contributed by atoms with van der Waals surface area (Å²) in [5.41, 5.74) is 1.57. The molecule has 2 rings (SSSR count). The summed E-state index contributed by atoms with van der Waals surface area (Å²) in [4.78, 5) is 0. The van der Waals surface area contributed by atoms with Crippen molar-refractivity contribution in [2.45, 2.75) is 13.1 Å². The van der Waals surface area contributed by atoms with Gasteiger partial charge in [0.25, 0.3) is 0 Å². The van der Waals surface area contributed by atoms with Gasteiger partial charge in [-0.15, -0.1) is 0 Å². The lowest BCUT2D eigenvalue weighted by atomic mass is 10.1. The first-order valence-corrected chi connectivity index (χ1v) is 6.35. The molecule has 0 saturated carbocycles. The number of nitrogens with one attached hydrogen (secondary N) is 1. The molecule has 0 aliphatic rings. The van der Waals surface area contributed by atoms with Crippen LogP contribution in [-0.2, 0) is 13.1 Å². The third-order valence-corrected chi connectivity index (χ3v) is 3.04. The van der Waals surface area contributed by atoms with E-state index in [1.807, 2.05) is 12.1 Å². The predicted molar refractivity (Wildman–Crippen MR) is 74.6 cm³/mol. The molecule has 0 aliphatic heterocycles. The van der Waals surface area contributed by atoms with E-state index in [4.69, 9.17) is 10.00 Å². The van der Waals surface area contributed by atoms with E-state index in [-0.39, 0.29) is 12.1 Å². The quantitative estimate of drug-likeness (QED) is 0.919. The van der Waals surface area contributed by atoms with E-state index in [9.17, 15) is 8.78 Å². The van der Waals surface area contributed by atoms with Crippen molar-refractivity contribution in [3.05, 3.63) is 64.7 Å². The van der Waals surface area contributed by atoms with Crippen LogP contribution < -0.4 is 10.1 Å². The molecule has 0 bridgehead atoms. The Kier molecular flexibility index (Phi) is 4.85. The van der Waals surface area contributed by atoms with Crippen LogP contribution in [0.4, 0.5) is 8.78 Å². The Morgan fingerprint density at radius 3 is 2.67 bits per heavy atom. The topological polar surface area (TPSA) is 45.0 Å². The zero-order valence-corrected chi connectivity index (χ0v) is 11.5. The van der Waals surface area contributed by atoms with Gasteiger partial charge in [-0.25, -0.2) is 8.78 Å². The average molecular weight is 288 g/mol. The zero-order valence-electron chi connectivity index (χ0n) is 11.5. The lowest BCUT2D eigenvalue weighted by molar-refractivity contribution is 0.413. The van der Waals surface area contributed by atoms with Crippen LogP contribution in [0.25, 0.3) is 0 Å². The molecule has 0 fully saturated rings. The fraction of sp³-hybridized carbons (Fsp3) is 0.188. The Hall–Kier alpha value is -2.45. The molecule has 0 aliphatic carbocycles. The number of methoxy groups -OCH3 is 1. The van der Waals surface area contributed by atoms with Crippen molar-refractivity contribution in [3.63, 3.8) is 0 Å². The first kappa shape index (κ1) is 14.9. The summed E-state index contributed by atoms with van der Waals surface area (Å²) in [6.07, 6.45) is 0. The molecule has 0 atom stereocenters. The minimum atomic E-state index is -0.468. The number of ether oxygens (including phenoxy) is 1. The number of hydrogen-bond donors (Lipinski definition) is 1. The fourth-order valence-corrected chi connectivity index (χ4v) is 1.97. The molecule has 0 amide bonds. The van der Waals surface area contributed by atoms with Gasteiger partial charge in [-0.05, 0) is 35.9 Å². The van der Waals surface area contributed by atoms with E-state index >= 15 is 0 Å². The molecule has 108 valence electrons. The summed E-state index contributed by atoms with van der Waals surface area (Å²) in [5.74, 6) is -0.404. The van der Waals surface area contributed by atoms with Crippen molar-refractivity contribution in [2.24, 2.45) is 0 Å². The van der Waals surface area contributed by atoms with E-state index in [1.165, 1.54) is 7.11 Å². The van der Waals surface area contributed by atoms with Crippen molar-refractivity contribution in [1.29, 1.82) is 5.26 Å². The standard InChI is InChI=1S/C16H14F2N2O/c1-21-16-5-2-11(6-12(16)8-19)9-20-10-13-7-14(17)3-4-15(13)18/h2-7,20H,9-10H2,1H3. The SMILES string of the molecule is COc1ccc(CNCc2cc(F)ccc2F)cc1C#N. The van der Waals surface area contributed by atoms with E-state index in [0.717, 1.165) is 23.8 Å². The van der Waals surface area contributed by atoms with Crippen LogP contribution in [0.3, 0.4) is 0 Å². The lowest BCUT2D eigenvalue weighted by Gasteiger charge is -2.08.